The van der Waals surface area contributed by atoms with Gasteiger partial charge in [-0.15, -0.1) is 11.3 Å². The molecular formula is C14H21NS. The molecule has 2 heteroatoms. The van der Waals surface area contributed by atoms with E-state index in [1.54, 1.807) is 0 Å². The van der Waals surface area contributed by atoms with E-state index in [0.717, 1.165) is 5.92 Å². The normalized spacial score (nSPS) is 25.1. The molecule has 1 unspecified atom stereocenters. The molecule has 1 atom stereocenters. The van der Waals surface area contributed by atoms with Crippen LogP contribution < -0.4 is 5.32 Å². The summed E-state index contributed by atoms with van der Waals surface area (Å²) < 4.78 is 0. The van der Waals surface area contributed by atoms with Gasteiger partial charge < -0.3 is 5.32 Å². The van der Waals surface area contributed by atoms with Crippen molar-refractivity contribution >= 4 is 11.3 Å². The van der Waals surface area contributed by atoms with Gasteiger partial charge in [0.15, 0.2) is 0 Å². The maximum atomic E-state index is 3.76. The summed E-state index contributed by atoms with van der Waals surface area (Å²) in [5, 5.41) is 5.93. The van der Waals surface area contributed by atoms with Crippen molar-refractivity contribution < 1.29 is 0 Å². The quantitative estimate of drug-likeness (QED) is 0.814. The number of nitrogens with one attached hydrogen (secondary N) is 1. The smallest absolute Gasteiger partial charge is 0.0386 e. The van der Waals surface area contributed by atoms with E-state index in [9.17, 15) is 0 Å². The highest BCUT2D eigenvalue weighted by Gasteiger charge is 2.48. The van der Waals surface area contributed by atoms with Crippen LogP contribution in [-0.4, -0.2) is 6.54 Å². The molecule has 16 heavy (non-hydrogen) atoms. The minimum absolute atomic E-state index is 0.538. The molecule has 2 aliphatic carbocycles. The third kappa shape index (κ3) is 1.93. The molecule has 0 spiro atoms. The molecule has 0 saturated heterocycles. The number of hydrogen-bond donors (Lipinski definition) is 1. The van der Waals surface area contributed by atoms with Gasteiger partial charge in [-0.25, -0.2) is 0 Å². The summed E-state index contributed by atoms with van der Waals surface area (Å²) in [6, 6.07) is 4.93. The molecule has 0 amide bonds. The van der Waals surface area contributed by atoms with Crippen molar-refractivity contribution in [3.05, 3.63) is 22.4 Å². The van der Waals surface area contributed by atoms with E-state index in [2.05, 4.69) is 29.8 Å². The van der Waals surface area contributed by atoms with E-state index in [1.807, 2.05) is 11.3 Å². The van der Waals surface area contributed by atoms with Gasteiger partial charge >= 0.3 is 0 Å². The average Bonchev–Trinajstić information content (AvgIpc) is 2.92. The molecule has 0 aliphatic heterocycles. The predicted octanol–water partition coefficient (Wildman–Crippen LogP) is 3.98. The van der Waals surface area contributed by atoms with Crippen molar-refractivity contribution in [2.75, 3.05) is 6.54 Å². The van der Waals surface area contributed by atoms with Gasteiger partial charge in [0.25, 0.3) is 0 Å². The van der Waals surface area contributed by atoms with Crippen molar-refractivity contribution in [3.8, 4) is 0 Å². The highest BCUT2D eigenvalue weighted by Crippen LogP contribution is 2.56. The zero-order chi connectivity index (χ0) is 11.0. The fraction of sp³-hybridized carbons (Fsp3) is 0.714. The van der Waals surface area contributed by atoms with E-state index in [-0.39, 0.29) is 0 Å². The van der Waals surface area contributed by atoms with Gasteiger partial charge in [-0.2, -0.15) is 0 Å². The Labute approximate surface area is 102 Å². The van der Waals surface area contributed by atoms with Crippen LogP contribution in [0.2, 0.25) is 0 Å². The molecule has 1 nitrogen and oxygen atoms in total. The lowest BCUT2D eigenvalue weighted by Crippen LogP contribution is -2.42. The molecule has 1 aromatic heterocycles. The summed E-state index contributed by atoms with van der Waals surface area (Å²) >= 11 is 1.87. The largest absolute Gasteiger partial charge is 0.309 e. The molecule has 1 N–H and O–H groups in total. The van der Waals surface area contributed by atoms with Crippen molar-refractivity contribution in [2.24, 2.45) is 11.3 Å². The maximum Gasteiger partial charge on any atom is 0.0386 e. The van der Waals surface area contributed by atoms with Gasteiger partial charge in [-0.3, -0.25) is 0 Å². The second-order valence-corrected chi connectivity index (χ2v) is 6.59. The SMILES string of the molecule is CC(NCC1(C2CC2)CCC1)c1cccs1. The Morgan fingerprint density at radius 3 is 2.81 bits per heavy atom. The fourth-order valence-corrected chi connectivity index (χ4v) is 3.81. The van der Waals surface area contributed by atoms with Gasteiger partial charge in [-0.05, 0) is 55.4 Å². The first-order chi connectivity index (χ1) is 7.80. The molecule has 1 aromatic rings. The molecule has 3 rings (SSSR count). The minimum Gasteiger partial charge on any atom is -0.309 e. The number of thiophene rings is 1. The Morgan fingerprint density at radius 1 is 1.50 bits per heavy atom. The minimum atomic E-state index is 0.538. The molecule has 2 aliphatic rings. The second kappa shape index (κ2) is 4.15. The van der Waals surface area contributed by atoms with Crippen molar-refractivity contribution in [1.82, 2.24) is 5.32 Å². The molecule has 0 radical (unpaired) electrons. The lowest BCUT2D eigenvalue weighted by Gasteiger charge is -2.43. The molecule has 88 valence electrons. The van der Waals surface area contributed by atoms with Crippen LogP contribution in [0.1, 0.15) is 49.9 Å². The lowest BCUT2D eigenvalue weighted by molar-refractivity contribution is 0.0956. The molecule has 0 bridgehead atoms. The van der Waals surface area contributed by atoms with Gasteiger partial charge in [0, 0.05) is 17.5 Å². The predicted molar refractivity (Wildman–Crippen MR) is 69.7 cm³/mol. The molecule has 2 fully saturated rings. The Balaban J connectivity index is 1.55. The van der Waals surface area contributed by atoms with E-state index in [1.165, 1.54) is 43.5 Å². The standard InChI is InChI=1S/C14H21NS/c1-11(13-4-2-9-16-13)15-10-14(7-3-8-14)12-5-6-12/h2,4,9,11-12,15H,3,5-8,10H2,1H3. The summed E-state index contributed by atoms with van der Waals surface area (Å²) in [5.74, 6) is 1.06. The Bertz CT molecular complexity index is 336. The Kier molecular flexibility index (Phi) is 2.80. The number of rotatable bonds is 5. The summed E-state index contributed by atoms with van der Waals surface area (Å²) in [5.41, 5.74) is 0.700. The van der Waals surface area contributed by atoms with Gasteiger partial charge in [0.05, 0.1) is 0 Å². The van der Waals surface area contributed by atoms with Crippen LogP contribution in [-0.2, 0) is 0 Å². The second-order valence-electron chi connectivity index (χ2n) is 5.61. The maximum absolute atomic E-state index is 3.76. The summed E-state index contributed by atoms with van der Waals surface area (Å²) in [4.78, 5) is 1.48. The van der Waals surface area contributed by atoms with Crippen LogP contribution >= 0.6 is 11.3 Å². The molecule has 2 saturated carbocycles. The van der Waals surface area contributed by atoms with Crippen LogP contribution in [0.5, 0.6) is 0 Å². The highest BCUT2D eigenvalue weighted by atomic mass is 32.1. The summed E-state index contributed by atoms with van der Waals surface area (Å²) in [6.45, 7) is 3.54. The van der Waals surface area contributed by atoms with E-state index < -0.39 is 0 Å². The third-order valence-electron chi connectivity index (χ3n) is 4.52. The van der Waals surface area contributed by atoms with Gasteiger partial charge in [-0.1, -0.05) is 12.5 Å². The van der Waals surface area contributed by atoms with E-state index in [4.69, 9.17) is 0 Å². The van der Waals surface area contributed by atoms with Crippen LogP contribution in [0.25, 0.3) is 0 Å². The van der Waals surface area contributed by atoms with Crippen LogP contribution in [0.15, 0.2) is 17.5 Å². The third-order valence-corrected chi connectivity index (χ3v) is 5.58. The Hall–Kier alpha value is -0.340. The molecule has 0 aromatic carbocycles. The van der Waals surface area contributed by atoms with Crippen molar-refractivity contribution in [2.45, 2.75) is 45.1 Å². The average molecular weight is 235 g/mol. The topological polar surface area (TPSA) is 12.0 Å². The lowest BCUT2D eigenvalue weighted by atomic mass is 9.65. The first kappa shape index (κ1) is 10.8. The first-order valence-electron chi connectivity index (χ1n) is 6.57. The number of hydrogen-bond acceptors (Lipinski definition) is 2. The summed E-state index contributed by atoms with van der Waals surface area (Å²) in [7, 11) is 0. The van der Waals surface area contributed by atoms with E-state index in [0.29, 0.717) is 11.5 Å². The van der Waals surface area contributed by atoms with Crippen LogP contribution in [0.3, 0.4) is 0 Å². The van der Waals surface area contributed by atoms with Crippen LogP contribution in [0, 0.1) is 11.3 Å². The molecular weight excluding hydrogens is 214 g/mol. The Morgan fingerprint density at radius 2 is 2.31 bits per heavy atom. The van der Waals surface area contributed by atoms with Crippen molar-refractivity contribution in [3.63, 3.8) is 0 Å². The van der Waals surface area contributed by atoms with Gasteiger partial charge in [0.1, 0.15) is 0 Å². The fourth-order valence-electron chi connectivity index (χ4n) is 3.05. The van der Waals surface area contributed by atoms with Gasteiger partial charge in [0.2, 0.25) is 0 Å². The summed E-state index contributed by atoms with van der Waals surface area (Å²) in [6.07, 6.45) is 7.40. The van der Waals surface area contributed by atoms with Crippen molar-refractivity contribution in [1.29, 1.82) is 0 Å². The zero-order valence-corrected chi connectivity index (χ0v) is 10.9. The monoisotopic (exact) mass is 235 g/mol. The molecule has 1 heterocycles. The van der Waals surface area contributed by atoms with E-state index >= 15 is 0 Å². The van der Waals surface area contributed by atoms with Crippen LogP contribution in [0.4, 0.5) is 0 Å². The zero-order valence-electron chi connectivity index (χ0n) is 10.0. The highest BCUT2D eigenvalue weighted by molar-refractivity contribution is 7.10. The first-order valence-corrected chi connectivity index (χ1v) is 7.45.